The second-order valence-corrected chi connectivity index (χ2v) is 5.47. The van der Waals surface area contributed by atoms with E-state index >= 15 is 0 Å². The predicted octanol–water partition coefficient (Wildman–Crippen LogP) is 1.72. The minimum atomic E-state index is -0.0692. The molecule has 84 valence electrons. The van der Waals surface area contributed by atoms with Crippen LogP contribution in [0.25, 0.3) is 0 Å². The molecular formula is C11H18N2OS. The van der Waals surface area contributed by atoms with Gasteiger partial charge >= 0.3 is 0 Å². The Bertz CT molecular complexity index is 325. The Labute approximate surface area is 94.9 Å². The summed E-state index contributed by atoms with van der Waals surface area (Å²) < 4.78 is 4.35. The van der Waals surface area contributed by atoms with E-state index in [1.54, 1.807) is 11.5 Å². The lowest BCUT2D eigenvalue weighted by atomic mass is 9.88. The summed E-state index contributed by atoms with van der Waals surface area (Å²) in [5.74, 6) is 0. The van der Waals surface area contributed by atoms with E-state index in [1.165, 1.54) is 10.4 Å². The van der Waals surface area contributed by atoms with Crippen LogP contribution in [-0.4, -0.2) is 33.6 Å². The Hall–Kier alpha value is -0.450. The molecule has 0 aliphatic heterocycles. The highest BCUT2D eigenvalue weighted by Gasteiger charge is 2.30. The summed E-state index contributed by atoms with van der Waals surface area (Å²) in [5, 5.41) is 9.27. The highest BCUT2D eigenvalue weighted by atomic mass is 32.1. The van der Waals surface area contributed by atoms with Gasteiger partial charge in [0.1, 0.15) is 0 Å². The molecule has 1 N–H and O–H groups in total. The number of nitrogens with zero attached hydrogens (tertiary/aromatic N) is 2. The monoisotopic (exact) mass is 226 g/mol. The van der Waals surface area contributed by atoms with Crippen molar-refractivity contribution < 1.29 is 5.11 Å². The van der Waals surface area contributed by atoms with E-state index in [9.17, 15) is 5.11 Å². The summed E-state index contributed by atoms with van der Waals surface area (Å²) in [5.41, 5.74) is 2.52. The summed E-state index contributed by atoms with van der Waals surface area (Å²) in [6, 6.07) is 0.554. The third kappa shape index (κ3) is 2.22. The van der Waals surface area contributed by atoms with Crippen molar-refractivity contribution >= 4 is 11.5 Å². The van der Waals surface area contributed by atoms with Crippen LogP contribution >= 0.6 is 11.5 Å². The molecule has 0 bridgehead atoms. The van der Waals surface area contributed by atoms with E-state index in [4.69, 9.17) is 0 Å². The molecule has 1 aliphatic rings. The molecule has 2 rings (SSSR count). The second-order valence-electron chi connectivity index (χ2n) is 4.50. The number of hydrogen-bond acceptors (Lipinski definition) is 4. The Morgan fingerprint density at radius 1 is 1.47 bits per heavy atom. The first-order chi connectivity index (χ1) is 7.08. The largest absolute Gasteiger partial charge is 0.393 e. The zero-order valence-electron chi connectivity index (χ0n) is 9.53. The molecule has 1 heterocycles. The molecule has 3 nitrogen and oxygen atoms in total. The highest BCUT2D eigenvalue weighted by molar-refractivity contribution is 7.05. The van der Waals surface area contributed by atoms with Gasteiger partial charge in [0, 0.05) is 23.0 Å². The van der Waals surface area contributed by atoms with Gasteiger partial charge < -0.3 is 5.11 Å². The second kappa shape index (κ2) is 4.20. The Kier molecular flexibility index (Phi) is 3.09. The maximum atomic E-state index is 9.27. The lowest BCUT2D eigenvalue weighted by Gasteiger charge is -2.38. The lowest BCUT2D eigenvalue weighted by molar-refractivity contribution is 0.00918. The third-order valence-corrected chi connectivity index (χ3v) is 4.19. The van der Waals surface area contributed by atoms with Gasteiger partial charge in [-0.3, -0.25) is 4.90 Å². The predicted molar refractivity (Wildman–Crippen MR) is 62.1 cm³/mol. The molecule has 0 saturated heterocycles. The first kappa shape index (κ1) is 11.0. The zero-order valence-corrected chi connectivity index (χ0v) is 10.3. The molecule has 1 aliphatic carbocycles. The number of aliphatic hydroxyl groups is 1. The molecule has 0 radical (unpaired) electrons. The summed E-state index contributed by atoms with van der Waals surface area (Å²) in [6.07, 6.45) is 1.78. The summed E-state index contributed by atoms with van der Waals surface area (Å²) in [7, 11) is 2.13. The van der Waals surface area contributed by atoms with Crippen molar-refractivity contribution in [2.75, 3.05) is 7.05 Å². The topological polar surface area (TPSA) is 36.4 Å². The van der Waals surface area contributed by atoms with Crippen molar-refractivity contribution in [1.29, 1.82) is 0 Å². The van der Waals surface area contributed by atoms with Crippen molar-refractivity contribution in [2.24, 2.45) is 0 Å². The molecule has 15 heavy (non-hydrogen) atoms. The number of hydrogen-bond donors (Lipinski definition) is 1. The number of aryl methyl sites for hydroxylation is 2. The van der Waals surface area contributed by atoms with Crippen molar-refractivity contribution in [3.8, 4) is 0 Å². The van der Waals surface area contributed by atoms with Gasteiger partial charge in [-0.2, -0.15) is 4.37 Å². The van der Waals surface area contributed by atoms with E-state index in [1.807, 2.05) is 0 Å². The van der Waals surface area contributed by atoms with Crippen LogP contribution in [0.1, 0.15) is 29.0 Å². The molecule has 1 aromatic heterocycles. The summed E-state index contributed by atoms with van der Waals surface area (Å²) >= 11 is 1.58. The van der Waals surface area contributed by atoms with Crippen molar-refractivity contribution in [2.45, 2.75) is 45.4 Å². The lowest BCUT2D eigenvalue weighted by Crippen LogP contribution is -2.44. The molecule has 0 atom stereocenters. The first-order valence-corrected chi connectivity index (χ1v) is 6.15. The molecular weight excluding hydrogens is 208 g/mol. The van der Waals surface area contributed by atoms with Crippen molar-refractivity contribution in [3.05, 3.63) is 16.1 Å². The maximum absolute atomic E-state index is 9.27. The van der Waals surface area contributed by atoms with Crippen LogP contribution in [0.3, 0.4) is 0 Å². The Balaban J connectivity index is 1.97. The average Bonchev–Trinajstić information content (AvgIpc) is 2.44. The Morgan fingerprint density at radius 3 is 2.60 bits per heavy atom. The SMILES string of the molecule is Cc1nsc(C)c1CN(C)C1CC(O)C1. The fourth-order valence-electron chi connectivity index (χ4n) is 2.03. The fraction of sp³-hybridized carbons (Fsp3) is 0.727. The van der Waals surface area contributed by atoms with Crippen LogP contribution in [-0.2, 0) is 6.54 Å². The summed E-state index contributed by atoms with van der Waals surface area (Å²) in [6.45, 7) is 5.16. The van der Waals surface area contributed by atoms with Gasteiger partial charge in [-0.05, 0) is 45.3 Å². The minimum Gasteiger partial charge on any atom is -0.393 e. The zero-order chi connectivity index (χ0) is 11.0. The van der Waals surface area contributed by atoms with Gasteiger partial charge in [-0.25, -0.2) is 0 Å². The van der Waals surface area contributed by atoms with E-state index in [0.717, 1.165) is 25.1 Å². The van der Waals surface area contributed by atoms with Crippen molar-refractivity contribution in [3.63, 3.8) is 0 Å². The maximum Gasteiger partial charge on any atom is 0.0570 e. The van der Waals surface area contributed by atoms with Crippen LogP contribution in [0.15, 0.2) is 0 Å². The fourth-order valence-corrected chi connectivity index (χ4v) is 2.73. The average molecular weight is 226 g/mol. The Morgan fingerprint density at radius 2 is 2.13 bits per heavy atom. The third-order valence-electron chi connectivity index (χ3n) is 3.30. The smallest absolute Gasteiger partial charge is 0.0570 e. The molecule has 4 heteroatoms. The van der Waals surface area contributed by atoms with Gasteiger partial charge in [0.05, 0.1) is 11.8 Å². The van der Waals surface area contributed by atoms with E-state index in [0.29, 0.717) is 6.04 Å². The molecule has 0 aromatic carbocycles. The van der Waals surface area contributed by atoms with Crippen molar-refractivity contribution in [1.82, 2.24) is 9.27 Å². The quantitative estimate of drug-likeness (QED) is 0.852. The highest BCUT2D eigenvalue weighted by Crippen LogP contribution is 2.27. The normalized spacial score (nSPS) is 25.7. The van der Waals surface area contributed by atoms with Gasteiger partial charge in [0.25, 0.3) is 0 Å². The molecule has 1 fully saturated rings. The number of rotatable bonds is 3. The van der Waals surface area contributed by atoms with Gasteiger partial charge in [0.2, 0.25) is 0 Å². The van der Waals surface area contributed by atoms with Crippen LogP contribution in [0.5, 0.6) is 0 Å². The van der Waals surface area contributed by atoms with Crippen LogP contribution in [0.2, 0.25) is 0 Å². The van der Waals surface area contributed by atoms with Gasteiger partial charge in [-0.1, -0.05) is 0 Å². The van der Waals surface area contributed by atoms with Gasteiger partial charge in [0.15, 0.2) is 0 Å². The molecule has 1 saturated carbocycles. The standard InChI is InChI=1S/C11H18N2OS/c1-7-11(8(2)15-12-7)6-13(3)9-4-10(14)5-9/h9-10,14H,4-6H2,1-3H3. The first-order valence-electron chi connectivity index (χ1n) is 5.38. The molecule has 0 unspecified atom stereocenters. The number of aromatic nitrogens is 1. The number of aliphatic hydroxyl groups excluding tert-OH is 1. The van der Waals surface area contributed by atoms with Crippen LogP contribution < -0.4 is 0 Å². The molecule has 0 amide bonds. The van der Waals surface area contributed by atoms with Crippen LogP contribution in [0.4, 0.5) is 0 Å². The van der Waals surface area contributed by atoms with Gasteiger partial charge in [-0.15, -0.1) is 0 Å². The molecule has 1 aromatic rings. The van der Waals surface area contributed by atoms with E-state index < -0.39 is 0 Å². The molecule has 0 spiro atoms. The van der Waals surface area contributed by atoms with E-state index in [-0.39, 0.29) is 6.10 Å². The van der Waals surface area contributed by atoms with E-state index in [2.05, 4.69) is 30.2 Å². The minimum absolute atomic E-state index is 0.0692. The summed E-state index contributed by atoms with van der Waals surface area (Å²) in [4.78, 5) is 3.65. The van der Waals surface area contributed by atoms with Crippen LogP contribution in [0, 0.1) is 13.8 Å².